The second-order valence-electron chi connectivity index (χ2n) is 7.75. The molecule has 0 bridgehead atoms. The predicted octanol–water partition coefficient (Wildman–Crippen LogP) is 3.96. The number of amides is 1. The van der Waals surface area contributed by atoms with Gasteiger partial charge in [0.2, 0.25) is 0 Å². The lowest BCUT2D eigenvalue weighted by Crippen LogP contribution is -2.40. The van der Waals surface area contributed by atoms with Crippen LogP contribution in [0.5, 0.6) is 0 Å². The van der Waals surface area contributed by atoms with E-state index in [0.29, 0.717) is 17.5 Å². The molecule has 1 aliphatic rings. The molecule has 3 heterocycles. The number of carbonyl (C=O) groups is 1. The fraction of sp³-hybridized carbons (Fsp3) is 0.391. The van der Waals surface area contributed by atoms with Gasteiger partial charge in [-0.1, -0.05) is 18.1 Å². The van der Waals surface area contributed by atoms with Crippen molar-refractivity contribution in [3.05, 3.63) is 69.5 Å². The van der Waals surface area contributed by atoms with E-state index in [1.807, 2.05) is 32.0 Å². The number of likely N-dealkylation sites (tertiary alicyclic amines) is 1. The first-order valence-electron chi connectivity index (χ1n) is 10.1. The minimum absolute atomic E-state index is 0.0272. The maximum atomic E-state index is 12.7. The molecule has 3 aromatic rings. The van der Waals surface area contributed by atoms with Crippen LogP contribution >= 0.6 is 0 Å². The molecule has 1 N–H and O–H groups in total. The van der Waals surface area contributed by atoms with E-state index in [2.05, 4.69) is 10.2 Å². The van der Waals surface area contributed by atoms with E-state index in [1.54, 1.807) is 12.1 Å². The van der Waals surface area contributed by atoms with Gasteiger partial charge in [-0.25, -0.2) is 0 Å². The van der Waals surface area contributed by atoms with Crippen LogP contribution in [0.4, 0.5) is 0 Å². The van der Waals surface area contributed by atoms with Crippen LogP contribution in [0.2, 0.25) is 0 Å². The summed E-state index contributed by atoms with van der Waals surface area (Å²) in [4.78, 5) is 27.5. The van der Waals surface area contributed by atoms with Crippen molar-refractivity contribution in [3.8, 4) is 0 Å². The third-order valence-electron chi connectivity index (χ3n) is 5.48. The Balaban J connectivity index is 1.54. The van der Waals surface area contributed by atoms with Gasteiger partial charge in [-0.3, -0.25) is 14.5 Å². The van der Waals surface area contributed by atoms with Gasteiger partial charge in [0.15, 0.2) is 11.2 Å². The normalized spacial score (nSPS) is 16.1. The van der Waals surface area contributed by atoms with E-state index in [9.17, 15) is 9.59 Å². The molecular weight excluding hydrogens is 368 g/mol. The zero-order chi connectivity index (χ0) is 20.4. The first-order valence-corrected chi connectivity index (χ1v) is 10.1. The van der Waals surface area contributed by atoms with E-state index in [4.69, 9.17) is 8.83 Å². The van der Waals surface area contributed by atoms with Crippen molar-refractivity contribution in [3.63, 3.8) is 0 Å². The lowest BCUT2D eigenvalue weighted by Gasteiger charge is -2.33. The molecule has 0 radical (unpaired) electrons. The largest absolute Gasteiger partial charge is 0.465 e. The number of hydrogen-bond acceptors (Lipinski definition) is 5. The van der Waals surface area contributed by atoms with E-state index in [-0.39, 0.29) is 17.2 Å². The number of aryl methyl sites for hydroxylation is 2. The quantitative estimate of drug-likeness (QED) is 0.709. The minimum Gasteiger partial charge on any atom is -0.465 e. The summed E-state index contributed by atoms with van der Waals surface area (Å²) in [5, 5.41) is 3.42. The zero-order valence-corrected chi connectivity index (χ0v) is 16.9. The average molecular weight is 394 g/mol. The van der Waals surface area contributed by atoms with Crippen LogP contribution in [-0.2, 0) is 0 Å². The van der Waals surface area contributed by atoms with Crippen LogP contribution in [0.1, 0.15) is 52.9 Å². The number of fused-ring (bicyclic) bond motifs is 1. The second-order valence-corrected chi connectivity index (χ2v) is 7.75. The molecule has 0 spiro atoms. The molecule has 0 unspecified atom stereocenters. The first-order chi connectivity index (χ1) is 14.0. The Morgan fingerprint density at radius 2 is 1.86 bits per heavy atom. The lowest BCUT2D eigenvalue weighted by molar-refractivity contribution is 0.0887. The molecule has 6 heteroatoms. The van der Waals surface area contributed by atoms with Gasteiger partial charge in [0.1, 0.15) is 17.1 Å². The van der Waals surface area contributed by atoms with Gasteiger partial charge in [-0.15, -0.1) is 0 Å². The van der Waals surface area contributed by atoms with Crippen molar-refractivity contribution in [2.75, 3.05) is 19.6 Å². The highest BCUT2D eigenvalue weighted by Gasteiger charge is 2.26. The van der Waals surface area contributed by atoms with E-state index in [1.165, 1.54) is 12.5 Å². The molecule has 1 atom stereocenters. The number of rotatable bonds is 5. The van der Waals surface area contributed by atoms with Gasteiger partial charge in [0.25, 0.3) is 5.91 Å². The summed E-state index contributed by atoms with van der Waals surface area (Å²) >= 11 is 0. The smallest absolute Gasteiger partial charge is 0.287 e. The van der Waals surface area contributed by atoms with Crippen molar-refractivity contribution < 1.29 is 13.6 Å². The monoisotopic (exact) mass is 394 g/mol. The van der Waals surface area contributed by atoms with E-state index in [0.717, 1.165) is 43.0 Å². The molecule has 0 saturated carbocycles. The fourth-order valence-electron chi connectivity index (χ4n) is 3.93. The fourth-order valence-corrected chi connectivity index (χ4v) is 3.93. The van der Waals surface area contributed by atoms with Gasteiger partial charge in [-0.2, -0.15) is 0 Å². The van der Waals surface area contributed by atoms with Gasteiger partial charge in [0, 0.05) is 12.6 Å². The molecule has 1 saturated heterocycles. The van der Waals surface area contributed by atoms with E-state index < -0.39 is 5.91 Å². The van der Waals surface area contributed by atoms with Gasteiger partial charge < -0.3 is 14.2 Å². The minimum atomic E-state index is -0.394. The van der Waals surface area contributed by atoms with Crippen molar-refractivity contribution in [2.24, 2.45) is 0 Å². The third-order valence-corrected chi connectivity index (χ3v) is 5.48. The molecule has 1 aliphatic heterocycles. The summed E-state index contributed by atoms with van der Waals surface area (Å²) in [6.45, 7) is 6.17. The number of nitrogens with one attached hydrogen (secondary N) is 1. The van der Waals surface area contributed by atoms with Gasteiger partial charge >= 0.3 is 0 Å². The summed E-state index contributed by atoms with van der Waals surface area (Å²) < 4.78 is 11.6. The third kappa shape index (κ3) is 4.27. The highest BCUT2D eigenvalue weighted by Crippen LogP contribution is 2.26. The molecule has 6 nitrogen and oxygen atoms in total. The SMILES string of the molecule is Cc1ccc2oc(C(=O)NC[C@H](c3ccc(C)o3)N3CCCCC3)cc(=O)c2c1. The van der Waals surface area contributed by atoms with Crippen LogP contribution in [0.15, 0.2) is 50.0 Å². The maximum absolute atomic E-state index is 12.7. The molecule has 1 amide bonds. The number of furan rings is 1. The molecule has 0 aliphatic carbocycles. The number of piperidine rings is 1. The summed E-state index contributed by atoms with van der Waals surface area (Å²) in [6.07, 6.45) is 3.51. The van der Waals surface area contributed by atoms with Gasteiger partial charge in [0.05, 0.1) is 11.4 Å². The Hall–Kier alpha value is -2.86. The number of benzene rings is 1. The topological polar surface area (TPSA) is 75.7 Å². The van der Waals surface area contributed by atoms with Gasteiger partial charge in [-0.05, 0) is 64.0 Å². The zero-order valence-electron chi connectivity index (χ0n) is 16.9. The second kappa shape index (κ2) is 8.25. The van der Waals surface area contributed by atoms with Crippen LogP contribution < -0.4 is 10.7 Å². The molecule has 1 fully saturated rings. The lowest BCUT2D eigenvalue weighted by atomic mass is 10.1. The maximum Gasteiger partial charge on any atom is 0.287 e. The Labute approximate surface area is 169 Å². The highest BCUT2D eigenvalue weighted by molar-refractivity contribution is 5.93. The predicted molar refractivity (Wildman–Crippen MR) is 111 cm³/mol. The highest BCUT2D eigenvalue weighted by atomic mass is 16.3. The van der Waals surface area contributed by atoms with E-state index >= 15 is 0 Å². The standard InChI is InChI=1S/C23H26N2O4/c1-15-6-8-20-17(12-15)19(26)13-22(29-20)23(27)24-14-18(21-9-7-16(2)28-21)25-10-4-3-5-11-25/h6-9,12-13,18H,3-5,10-11,14H2,1-2H3,(H,24,27)/t18-/m1/s1. The number of carbonyl (C=O) groups excluding carboxylic acids is 1. The van der Waals surface area contributed by atoms with Crippen LogP contribution in [0.3, 0.4) is 0 Å². The summed E-state index contributed by atoms with van der Waals surface area (Å²) in [5.74, 6) is 1.33. The Morgan fingerprint density at radius 3 is 2.59 bits per heavy atom. The number of hydrogen-bond donors (Lipinski definition) is 1. The summed E-state index contributed by atoms with van der Waals surface area (Å²) in [7, 11) is 0. The first kappa shape index (κ1) is 19.5. The molecule has 1 aromatic carbocycles. The molecule has 152 valence electrons. The van der Waals surface area contributed by atoms with Crippen LogP contribution in [0, 0.1) is 13.8 Å². The summed E-state index contributed by atoms with van der Waals surface area (Å²) in [5.41, 5.74) is 1.18. The van der Waals surface area contributed by atoms with Crippen molar-refractivity contribution >= 4 is 16.9 Å². The Morgan fingerprint density at radius 1 is 1.07 bits per heavy atom. The van der Waals surface area contributed by atoms with Crippen molar-refractivity contribution in [1.82, 2.24) is 10.2 Å². The Kier molecular flexibility index (Phi) is 5.53. The number of nitrogens with zero attached hydrogens (tertiary/aromatic N) is 1. The Bertz CT molecular complexity index is 1080. The summed E-state index contributed by atoms with van der Waals surface area (Å²) in [6, 6.07) is 10.5. The van der Waals surface area contributed by atoms with Crippen molar-refractivity contribution in [2.45, 2.75) is 39.2 Å². The molecule has 2 aromatic heterocycles. The molecule has 4 rings (SSSR count). The average Bonchev–Trinajstić information content (AvgIpc) is 3.15. The van der Waals surface area contributed by atoms with Crippen LogP contribution in [0.25, 0.3) is 11.0 Å². The molecular formula is C23H26N2O4. The molecule has 29 heavy (non-hydrogen) atoms. The van der Waals surface area contributed by atoms with Crippen LogP contribution in [-0.4, -0.2) is 30.4 Å². The van der Waals surface area contributed by atoms with Crippen molar-refractivity contribution in [1.29, 1.82) is 0 Å².